The van der Waals surface area contributed by atoms with E-state index in [4.69, 9.17) is 5.11 Å². The summed E-state index contributed by atoms with van der Waals surface area (Å²) in [4.78, 5) is 10.5. The third-order valence-corrected chi connectivity index (χ3v) is 2.92. The molecule has 0 aromatic rings. The molecule has 0 saturated carbocycles. The first-order chi connectivity index (χ1) is 6.86. The van der Waals surface area contributed by atoms with Crippen LogP contribution in [0, 0.1) is 5.92 Å². The van der Waals surface area contributed by atoms with Crippen molar-refractivity contribution in [1.29, 1.82) is 0 Å². The van der Waals surface area contributed by atoms with E-state index in [1.807, 2.05) is 0 Å². The zero-order chi connectivity index (χ0) is 11.6. The molecule has 0 aromatic carbocycles. The van der Waals surface area contributed by atoms with Crippen LogP contribution in [0.4, 0.5) is 13.2 Å². The van der Waals surface area contributed by atoms with Crippen LogP contribution in [0.1, 0.15) is 6.42 Å². The Morgan fingerprint density at radius 3 is 2.60 bits per heavy atom. The van der Waals surface area contributed by atoms with Crippen LogP contribution in [0.2, 0.25) is 0 Å². The van der Waals surface area contributed by atoms with Gasteiger partial charge >= 0.3 is 12.1 Å². The number of carboxylic acids is 1. The normalized spacial score (nSPS) is 22.0. The van der Waals surface area contributed by atoms with Gasteiger partial charge in [0.25, 0.3) is 0 Å². The van der Waals surface area contributed by atoms with Gasteiger partial charge < -0.3 is 5.11 Å². The molecule has 0 radical (unpaired) electrons. The summed E-state index contributed by atoms with van der Waals surface area (Å²) in [5, 5.41) is 8.76. The lowest BCUT2D eigenvalue weighted by Gasteiger charge is -2.22. The molecule has 1 rings (SSSR count). The van der Waals surface area contributed by atoms with Crippen LogP contribution in [0.15, 0.2) is 23.3 Å². The summed E-state index contributed by atoms with van der Waals surface area (Å²) in [5.74, 6) is -2.03. The van der Waals surface area contributed by atoms with Crippen molar-refractivity contribution in [2.45, 2.75) is 12.6 Å². The molecule has 0 spiro atoms. The van der Waals surface area contributed by atoms with E-state index in [1.54, 1.807) is 0 Å². The first-order valence-electron chi connectivity index (χ1n) is 4.14. The Labute approximate surface area is 92.6 Å². The monoisotopic (exact) mass is 284 g/mol. The number of carbonyl (C=O) groups is 1. The van der Waals surface area contributed by atoms with Crippen LogP contribution in [0.25, 0.3) is 0 Å². The Kier molecular flexibility index (Phi) is 3.59. The van der Waals surface area contributed by atoms with Crippen molar-refractivity contribution in [2.24, 2.45) is 5.92 Å². The van der Waals surface area contributed by atoms with Crippen LogP contribution in [0.5, 0.6) is 0 Å². The molecule has 0 saturated heterocycles. The fourth-order valence-electron chi connectivity index (χ4n) is 1.35. The van der Waals surface area contributed by atoms with Crippen LogP contribution < -0.4 is 0 Å². The molecular weight excluding hydrogens is 277 g/mol. The number of allylic oxidation sites excluding steroid dienone is 2. The number of hydrogen-bond acceptors (Lipinski definition) is 1. The average molecular weight is 285 g/mol. The summed E-state index contributed by atoms with van der Waals surface area (Å²) in [5.41, 5.74) is -1.07. The fraction of sp³-hybridized carbons (Fsp3) is 0.444. The predicted octanol–water partition coefficient (Wildman–Crippen LogP) is 2.90. The highest BCUT2D eigenvalue weighted by molar-refractivity contribution is 9.09. The summed E-state index contributed by atoms with van der Waals surface area (Å²) in [6, 6.07) is 0. The third kappa shape index (κ3) is 2.84. The van der Waals surface area contributed by atoms with E-state index in [1.165, 1.54) is 6.08 Å². The molecule has 6 heteroatoms. The lowest BCUT2D eigenvalue weighted by molar-refractivity contribution is -0.132. The molecule has 0 unspecified atom stereocenters. The van der Waals surface area contributed by atoms with Crippen molar-refractivity contribution >= 4 is 21.9 Å². The summed E-state index contributed by atoms with van der Waals surface area (Å²) >= 11 is 2.98. The molecule has 1 aliphatic rings. The molecule has 0 amide bonds. The molecule has 15 heavy (non-hydrogen) atoms. The van der Waals surface area contributed by atoms with Crippen molar-refractivity contribution in [2.75, 3.05) is 5.33 Å². The van der Waals surface area contributed by atoms with Gasteiger partial charge in [0.2, 0.25) is 0 Å². The zero-order valence-electron chi connectivity index (χ0n) is 7.51. The number of halogens is 4. The van der Waals surface area contributed by atoms with Crippen molar-refractivity contribution in [1.82, 2.24) is 0 Å². The molecule has 1 atom stereocenters. The second kappa shape index (κ2) is 4.38. The van der Waals surface area contributed by atoms with Gasteiger partial charge in [0, 0.05) is 16.8 Å². The van der Waals surface area contributed by atoms with Gasteiger partial charge in [-0.2, -0.15) is 13.2 Å². The Morgan fingerprint density at radius 1 is 1.60 bits per heavy atom. The number of aliphatic carboxylic acids is 1. The summed E-state index contributed by atoms with van der Waals surface area (Å²) in [6.45, 7) is 0. The van der Waals surface area contributed by atoms with E-state index in [2.05, 4.69) is 15.9 Å². The van der Waals surface area contributed by atoms with Gasteiger partial charge in [-0.3, -0.25) is 0 Å². The highest BCUT2D eigenvalue weighted by Gasteiger charge is 2.39. The van der Waals surface area contributed by atoms with Crippen LogP contribution in [-0.4, -0.2) is 22.6 Å². The van der Waals surface area contributed by atoms with Crippen molar-refractivity contribution in [3.05, 3.63) is 23.3 Å². The number of hydrogen-bond donors (Lipinski definition) is 1. The highest BCUT2D eigenvalue weighted by Crippen LogP contribution is 2.37. The van der Waals surface area contributed by atoms with E-state index < -0.39 is 23.6 Å². The quantitative estimate of drug-likeness (QED) is 0.792. The third-order valence-electron chi connectivity index (χ3n) is 2.13. The molecule has 1 aliphatic carbocycles. The second-order valence-electron chi connectivity index (χ2n) is 3.15. The fourth-order valence-corrected chi connectivity index (χ4v) is 1.96. The number of rotatable bonds is 2. The lowest BCUT2D eigenvalue weighted by atomic mass is 9.89. The van der Waals surface area contributed by atoms with Crippen LogP contribution >= 0.6 is 15.9 Å². The first kappa shape index (κ1) is 12.3. The average Bonchev–Trinajstić information content (AvgIpc) is 2.15. The lowest BCUT2D eigenvalue weighted by Crippen LogP contribution is -2.24. The molecule has 0 bridgehead atoms. The Hall–Kier alpha value is -0.780. The van der Waals surface area contributed by atoms with Gasteiger partial charge in [-0.15, -0.1) is 0 Å². The zero-order valence-corrected chi connectivity index (χ0v) is 9.10. The van der Waals surface area contributed by atoms with Gasteiger partial charge in [0.1, 0.15) is 0 Å². The van der Waals surface area contributed by atoms with E-state index in [9.17, 15) is 18.0 Å². The van der Waals surface area contributed by atoms with E-state index in [0.29, 0.717) is 6.08 Å². The van der Waals surface area contributed by atoms with Gasteiger partial charge in [-0.25, -0.2) is 4.79 Å². The largest absolute Gasteiger partial charge is 0.478 e. The Bertz CT molecular complexity index is 331. The molecule has 2 nitrogen and oxygen atoms in total. The van der Waals surface area contributed by atoms with Crippen molar-refractivity contribution in [3.8, 4) is 0 Å². The minimum atomic E-state index is -4.46. The second-order valence-corrected chi connectivity index (χ2v) is 3.80. The molecule has 0 aliphatic heterocycles. The van der Waals surface area contributed by atoms with Crippen molar-refractivity contribution < 1.29 is 23.1 Å². The smallest absolute Gasteiger partial charge is 0.413 e. The summed E-state index contributed by atoms with van der Waals surface area (Å²) < 4.78 is 37.5. The molecule has 0 heterocycles. The highest BCUT2D eigenvalue weighted by atomic mass is 79.9. The van der Waals surface area contributed by atoms with Gasteiger partial charge in [-0.1, -0.05) is 22.0 Å². The Morgan fingerprint density at radius 2 is 2.20 bits per heavy atom. The molecule has 0 fully saturated rings. The van der Waals surface area contributed by atoms with Gasteiger partial charge in [0.15, 0.2) is 0 Å². The minimum absolute atomic E-state index is 0.0955. The first-order valence-corrected chi connectivity index (χ1v) is 5.26. The molecular formula is C9H8BrF3O2. The molecule has 84 valence electrons. The van der Waals surface area contributed by atoms with Crippen LogP contribution in [-0.2, 0) is 4.79 Å². The number of carboxylic acid groups (broad SMARTS) is 1. The molecule has 0 aromatic heterocycles. The maximum atomic E-state index is 12.5. The van der Waals surface area contributed by atoms with E-state index in [-0.39, 0.29) is 17.3 Å². The topological polar surface area (TPSA) is 37.3 Å². The maximum Gasteiger partial charge on any atom is 0.413 e. The van der Waals surface area contributed by atoms with Gasteiger partial charge in [-0.05, 0) is 12.5 Å². The SMILES string of the molecule is O=C(O)C1=CC[C@H](CBr)C(C(F)(F)F)=C1. The van der Waals surface area contributed by atoms with E-state index >= 15 is 0 Å². The van der Waals surface area contributed by atoms with E-state index in [0.717, 1.165) is 0 Å². The predicted molar refractivity (Wildman–Crippen MR) is 51.8 cm³/mol. The minimum Gasteiger partial charge on any atom is -0.478 e. The van der Waals surface area contributed by atoms with Gasteiger partial charge in [0.05, 0.1) is 5.57 Å². The Balaban J connectivity index is 3.05. The maximum absolute atomic E-state index is 12.5. The summed E-state index contributed by atoms with van der Waals surface area (Å²) in [6.07, 6.45) is -2.35. The number of alkyl halides is 4. The van der Waals surface area contributed by atoms with Crippen molar-refractivity contribution in [3.63, 3.8) is 0 Å². The molecule has 1 N–H and O–H groups in total. The summed E-state index contributed by atoms with van der Waals surface area (Å²) in [7, 11) is 0. The van der Waals surface area contributed by atoms with Crippen LogP contribution in [0.3, 0.4) is 0 Å². The standard InChI is InChI=1S/C9H8BrF3O2/c10-4-6-2-1-5(8(14)15)3-7(6)9(11,12)13/h1,3,6H,2,4H2,(H,14,15)/t6-/m1/s1.